The number of carbonyl (C=O) groups is 1. The highest BCUT2D eigenvalue weighted by molar-refractivity contribution is 5.74. The molecule has 0 aromatic heterocycles. The van der Waals surface area contributed by atoms with Gasteiger partial charge in [0.05, 0.1) is 0 Å². The molecule has 0 atom stereocenters. The molecule has 3 rings (SSSR count). The number of hydrogen-bond donors (Lipinski definition) is 1. The minimum Gasteiger partial charge on any atom is -0.338 e. The largest absolute Gasteiger partial charge is 0.338 e. The molecule has 2 amide bonds. The van der Waals surface area contributed by atoms with Crippen LogP contribution in [-0.4, -0.2) is 55.1 Å². The zero-order valence-electron chi connectivity index (χ0n) is 15.6. The van der Waals surface area contributed by atoms with Crippen LogP contribution in [0.4, 0.5) is 9.18 Å². The number of halogens is 1. The summed E-state index contributed by atoms with van der Waals surface area (Å²) in [4.78, 5) is 16.6. The molecule has 5 heteroatoms. The van der Waals surface area contributed by atoms with Crippen molar-refractivity contribution in [3.05, 3.63) is 47.3 Å². The maximum atomic E-state index is 12.9. The first kappa shape index (κ1) is 18.9. The van der Waals surface area contributed by atoms with Gasteiger partial charge in [-0.25, -0.2) is 9.18 Å². The van der Waals surface area contributed by atoms with Crippen molar-refractivity contribution in [1.82, 2.24) is 15.1 Å². The average Bonchev–Trinajstić information content (AvgIpc) is 2.69. The van der Waals surface area contributed by atoms with Crippen molar-refractivity contribution in [2.24, 2.45) is 0 Å². The van der Waals surface area contributed by atoms with Gasteiger partial charge < -0.3 is 10.2 Å². The molecule has 26 heavy (non-hydrogen) atoms. The summed E-state index contributed by atoms with van der Waals surface area (Å²) in [7, 11) is 0. The van der Waals surface area contributed by atoms with Gasteiger partial charge in [-0.2, -0.15) is 0 Å². The Kier molecular flexibility index (Phi) is 7.06. The number of rotatable bonds is 6. The van der Waals surface area contributed by atoms with Crippen LogP contribution in [0.25, 0.3) is 0 Å². The lowest BCUT2D eigenvalue weighted by molar-refractivity contribution is 0.140. The third-order valence-corrected chi connectivity index (χ3v) is 5.40. The van der Waals surface area contributed by atoms with Crippen LogP contribution in [0.5, 0.6) is 0 Å². The van der Waals surface area contributed by atoms with Crippen molar-refractivity contribution < 1.29 is 9.18 Å². The van der Waals surface area contributed by atoms with Gasteiger partial charge in [0.15, 0.2) is 0 Å². The number of urea groups is 1. The number of nitrogens with one attached hydrogen (secondary N) is 1. The zero-order valence-corrected chi connectivity index (χ0v) is 15.6. The summed E-state index contributed by atoms with van der Waals surface area (Å²) >= 11 is 0. The number of carbonyl (C=O) groups excluding carboxylic acids is 1. The van der Waals surface area contributed by atoms with Crippen LogP contribution in [0.3, 0.4) is 0 Å². The summed E-state index contributed by atoms with van der Waals surface area (Å²) in [5.41, 5.74) is 2.66. The second kappa shape index (κ2) is 9.72. The van der Waals surface area contributed by atoms with Crippen LogP contribution in [0.15, 0.2) is 35.9 Å². The summed E-state index contributed by atoms with van der Waals surface area (Å²) in [5, 5.41) is 3.07. The molecule has 0 unspecified atom stereocenters. The van der Waals surface area contributed by atoms with Crippen molar-refractivity contribution in [2.75, 3.05) is 39.3 Å². The Balaban J connectivity index is 1.31. The number of benzene rings is 1. The maximum Gasteiger partial charge on any atom is 0.317 e. The van der Waals surface area contributed by atoms with E-state index in [1.54, 1.807) is 0 Å². The standard InChI is InChI=1S/C21H30FN3O/c22-20-8-6-19(7-9-20)11-13-24-14-16-25(17-15-24)21(26)23-12-10-18-4-2-1-3-5-18/h4,6-9H,1-3,5,10-17H2,(H,23,26). The molecule has 1 heterocycles. The fourth-order valence-electron chi connectivity index (χ4n) is 3.69. The lowest BCUT2D eigenvalue weighted by Gasteiger charge is -2.34. The van der Waals surface area contributed by atoms with E-state index in [9.17, 15) is 9.18 Å². The molecule has 1 N–H and O–H groups in total. The quantitative estimate of drug-likeness (QED) is 0.788. The predicted octanol–water partition coefficient (Wildman–Crippen LogP) is 3.59. The third-order valence-electron chi connectivity index (χ3n) is 5.40. The van der Waals surface area contributed by atoms with Crippen LogP contribution in [0, 0.1) is 5.82 Å². The Morgan fingerprint density at radius 2 is 1.81 bits per heavy atom. The second-order valence-electron chi connectivity index (χ2n) is 7.30. The smallest absolute Gasteiger partial charge is 0.317 e. The molecule has 1 aliphatic carbocycles. The van der Waals surface area contributed by atoms with Crippen molar-refractivity contribution >= 4 is 6.03 Å². The van der Waals surface area contributed by atoms with Gasteiger partial charge >= 0.3 is 6.03 Å². The predicted molar refractivity (Wildman–Crippen MR) is 103 cm³/mol. The molecular formula is C21H30FN3O. The zero-order chi connectivity index (χ0) is 18.2. The lowest BCUT2D eigenvalue weighted by atomic mass is 9.97. The van der Waals surface area contributed by atoms with E-state index < -0.39 is 0 Å². The molecule has 2 aliphatic rings. The summed E-state index contributed by atoms with van der Waals surface area (Å²) in [5.74, 6) is -0.187. The Morgan fingerprint density at radius 3 is 2.50 bits per heavy atom. The molecule has 1 aromatic carbocycles. The first-order valence-electron chi connectivity index (χ1n) is 9.88. The van der Waals surface area contributed by atoms with Gasteiger partial charge in [-0.15, -0.1) is 0 Å². The molecule has 1 fully saturated rings. The molecule has 4 nitrogen and oxygen atoms in total. The van der Waals surface area contributed by atoms with Gasteiger partial charge in [0.1, 0.15) is 5.82 Å². The molecule has 1 saturated heterocycles. The normalized spacial score (nSPS) is 18.5. The van der Waals surface area contributed by atoms with E-state index >= 15 is 0 Å². The van der Waals surface area contributed by atoms with Gasteiger partial charge in [-0.3, -0.25) is 4.90 Å². The van der Waals surface area contributed by atoms with E-state index in [0.29, 0.717) is 0 Å². The lowest BCUT2D eigenvalue weighted by Crippen LogP contribution is -2.52. The van der Waals surface area contributed by atoms with Gasteiger partial charge in [0, 0.05) is 39.3 Å². The second-order valence-corrected chi connectivity index (χ2v) is 7.30. The van der Waals surface area contributed by atoms with E-state index in [1.165, 1.54) is 43.4 Å². The van der Waals surface area contributed by atoms with Crippen molar-refractivity contribution in [3.8, 4) is 0 Å². The van der Waals surface area contributed by atoms with Crippen LogP contribution in [-0.2, 0) is 6.42 Å². The third kappa shape index (κ3) is 5.84. The Labute approximate surface area is 156 Å². The highest BCUT2D eigenvalue weighted by Gasteiger charge is 2.20. The Hall–Kier alpha value is -1.88. The van der Waals surface area contributed by atoms with Gasteiger partial charge in [0.25, 0.3) is 0 Å². The molecule has 0 saturated carbocycles. The monoisotopic (exact) mass is 359 g/mol. The van der Waals surface area contributed by atoms with Crippen molar-refractivity contribution in [2.45, 2.75) is 38.5 Å². The highest BCUT2D eigenvalue weighted by atomic mass is 19.1. The van der Waals surface area contributed by atoms with Crippen LogP contribution >= 0.6 is 0 Å². The number of allylic oxidation sites excluding steroid dienone is 1. The summed E-state index contributed by atoms with van der Waals surface area (Å²) < 4.78 is 12.9. The summed E-state index contributed by atoms with van der Waals surface area (Å²) in [6.07, 6.45) is 9.24. The van der Waals surface area contributed by atoms with Gasteiger partial charge in [-0.05, 0) is 56.2 Å². The van der Waals surface area contributed by atoms with Gasteiger partial charge in [-0.1, -0.05) is 23.8 Å². The molecule has 0 bridgehead atoms. The van der Waals surface area contributed by atoms with Crippen LogP contribution in [0.2, 0.25) is 0 Å². The van der Waals surface area contributed by atoms with Crippen LogP contribution in [0.1, 0.15) is 37.7 Å². The Bertz CT molecular complexity index is 606. The first-order chi connectivity index (χ1) is 12.7. The molecule has 1 aliphatic heterocycles. The fraction of sp³-hybridized carbons (Fsp3) is 0.571. The molecule has 142 valence electrons. The Morgan fingerprint density at radius 1 is 1.04 bits per heavy atom. The number of hydrogen-bond acceptors (Lipinski definition) is 2. The number of nitrogens with zero attached hydrogens (tertiary/aromatic N) is 2. The topological polar surface area (TPSA) is 35.6 Å². The number of piperazine rings is 1. The van der Waals surface area contributed by atoms with E-state index in [2.05, 4.69) is 16.3 Å². The van der Waals surface area contributed by atoms with E-state index in [-0.39, 0.29) is 11.8 Å². The molecular weight excluding hydrogens is 329 g/mol. The van der Waals surface area contributed by atoms with E-state index in [1.807, 2.05) is 17.0 Å². The molecule has 0 radical (unpaired) electrons. The SMILES string of the molecule is O=C(NCCC1=CCCCC1)N1CCN(CCc2ccc(F)cc2)CC1. The minimum absolute atomic E-state index is 0.0691. The van der Waals surface area contributed by atoms with Crippen molar-refractivity contribution in [3.63, 3.8) is 0 Å². The minimum atomic E-state index is -0.187. The van der Waals surface area contributed by atoms with E-state index in [4.69, 9.17) is 0 Å². The van der Waals surface area contributed by atoms with E-state index in [0.717, 1.165) is 57.7 Å². The maximum absolute atomic E-state index is 12.9. The van der Waals surface area contributed by atoms with Crippen molar-refractivity contribution in [1.29, 1.82) is 0 Å². The highest BCUT2D eigenvalue weighted by Crippen LogP contribution is 2.19. The fourth-order valence-corrected chi connectivity index (χ4v) is 3.69. The average molecular weight is 359 g/mol. The molecule has 1 aromatic rings. The summed E-state index contributed by atoms with van der Waals surface area (Å²) in [6.45, 7) is 5.06. The van der Waals surface area contributed by atoms with Crippen LogP contribution < -0.4 is 5.32 Å². The summed E-state index contributed by atoms with van der Waals surface area (Å²) in [6, 6.07) is 6.79. The molecule has 0 spiro atoms. The van der Waals surface area contributed by atoms with Gasteiger partial charge in [0.2, 0.25) is 0 Å². The number of amides is 2. The first-order valence-corrected chi connectivity index (χ1v) is 9.88.